The molecule has 0 aliphatic carbocycles. The van der Waals surface area contributed by atoms with Gasteiger partial charge in [-0.3, -0.25) is 9.69 Å². The Morgan fingerprint density at radius 1 is 1.04 bits per heavy atom. The van der Waals surface area contributed by atoms with E-state index in [2.05, 4.69) is 35.2 Å². The van der Waals surface area contributed by atoms with Crippen molar-refractivity contribution < 1.29 is 9.21 Å². The van der Waals surface area contributed by atoms with Crippen LogP contribution in [0.3, 0.4) is 0 Å². The Bertz CT molecular complexity index is 634. The summed E-state index contributed by atoms with van der Waals surface area (Å²) in [5.74, 6) is 1.26. The molecule has 0 atom stereocenters. The minimum Gasteiger partial charge on any atom is -0.456 e. The highest BCUT2D eigenvalue weighted by atomic mass is 35.5. The number of halogens is 1. The van der Waals surface area contributed by atoms with Crippen molar-refractivity contribution in [3.63, 3.8) is 0 Å². The van der Waals surface area contributed by atoms with Crippen LogP contribution < -0.4 is 0 Å². The van der Waals surface area contributed by atoms with Gasteiger partial charge in [0.15, 0.2) is 5.76 Å². The molecule has 1 amide bonds. The number of amides is 1. The van der Waals surface area contributed by atoms with Gasteiger partial charge in [0.05, 0.1) is 0 Å². The molecule has 1 aromatic carbocycles. The van der Waals surface area contributed by atoms with Crippen molar-refractivity contribution in [3.05, 3.63) is 59.5 Å². The van der Waals surface area contributed by atoms with E-state index in [0.29, 0.717) is 5.76 Å². The van der Waals surface area contributed by atoms with E-state index >= 15 is 0 Å². The van der Waals surface area contributed by atoms with Crippen molar-refractivity contribution in [3.8, 4) is 0 Å². The number of benzene rings is 1. The second-order valence-electron chi connectivity index (χ2n) is 6.13. The van der Waals surface area contributed by atoms with Crippen molar-refractivity contribution in [2.45, 2.75) is 19.8 Å². The third kappa shape index (κ3) is 4.86. The van der Waals surface area contributed by atoms with Gasteiger partial charge in [0, 0.05) is 26.2 Å². The normalized spacial score (nSPS) is 15.1. The molecule has 2 heterocycles. The average molecular weight is 349 g/mol. The number of nitrogens with zero attached hydrogens (tertiary/aromatic N) is 2. The number of piperazine rings is 1. The van der Waals surface area contributed by atoms with Gasteiger partial charge in [0.2, 0.25) is 0 Å². The lowest BCUT2D eigenvalue weighted by molar-refractivity contribution is 0.0604. The first-order valence-corrected chi connectivity index (χ1v) is 8.34. The van der Waals surface area contributed by atoms with Crippen molar-refractivity contribution >= 4 is 18.3 Å². The Hall–Kier alpha value is -1.78. The highest BCUT2D eigenvalue weighted by Gasteiger charge is 2.23. The summed E-state index contributed by atoms with van der Waals surface area (Å²) in [6.07, 6.45) is 2.28. The zero-order valence-corrected chi connectivity index (χ0v) is 14.9. The van der Waals surface area contributed by atoms with E-state index in [1.807, 2.05) is 17.9 Å². The molecule has 1 aliphatic heterocycles. The highest BCUT2D eigenvalue weighted by Crippen LogP contribution is 2.12. The van der Waals surface area contributed by atoms with Gasteiger partial charge >= 0.3 is 0 Å². The molecule has 0 unspecified atom stereocenters. The van der Waals surface area contributed by atoms with E-state index in [9.17, 15) is 4.79 Å². The van der Waals surface area contributed by atoms with E-state index in [0.717, 1.165) is 51.3 Å². The van der Waals surface area contributed by atoms with Gasteiger partial charge < -0.3 is 9.32 Å². The first kappa shape index (κ1) is 18.6. The van der Waals surface area contributed by atoms with Crippen LogP contribution in [0.15, 0.2) is 46.9 Å². The summed E-state index contributed by atoms with van der Waals surface area (Å²) < 4.78 is 5.43. The Labute approximate surface area is 149 Å². The van der Waals surface area contributed by atoms with Gasteiger partial charge in [-0.1, -0.05) is 30.3 Å². The quantitative estimate of drug-likeness (QED) is 0.831. The van der Waals surface area contributed by atoms with Crippen LogP contribution in [-0.2, 0) is 6.42 Å². The van der Waals surface area contributed by atoms with Crippen molar-refractivity contribution in [1.29, 1.82) is 0 Å². The van der Waals surface area contributed by atoms with Crippen LogP contribution in [0.2, 0.25) is 0 Å². The Morgan fingerprint density at radius 3 is 2.38 bits per heavy atom. The summed E-state index contributed by atoms with van der Waals surface area (Å²) in [7, 11) is 0. The summed E-state index contributed by atoms with van der Waals surface area (Å²) >= 11 is 0. The third-order valence-corrected chi connectivity index (χ3v) is 4.39. The maximum atomic E-state index is 12.3. The van der Waals surface area contributed by atoms with Gasteiger partial charge in [-0.05, 0) is 44.0 Å². The summed E-state index contributed by atoms with van der Waals surface area (Å²) in [6, 6.07) is 14.2. The number of carbonyl (C=O) groups is 1. The zero-order chi connectivity index (χ0) is 16.1. The molecule has 2 aromatic rings. The lowest BCUT2D eigenvalue weighted by Gasteiger charge is -2.34. The minimum absolute atomic E-state index is 0. The Kier molecular flexibility index (Phi) is 6.88. The maximum absolute atomic E-state index is 12.3. The molecule has 1 saturated heterocycles. The fraction of sp³-hybridized carbons (Fsp3) is 0.421. The van der Waals surface area contributed by atoms with E-state index in [1.165, 1.54) is 5.56 Å². The first-order chi connectivity index (χ1) is 11.2. The summed E-state index contributed by atoms with van der Waals surface area (Å²) in [4.78, 5) is 16.7. The lowest BCUT2D eigenvalue weighted by Crippen LogP contribution is -2.48. The number of rotatable bonds is 5. The second kappa shape index (κ2) is 8.90. The van der Waals surface area contributed by atoms with Crippen LogP contribution in [-0.4, -0.2) is 48.4 Å². The molecule has 0 bridgehead atoms. The molecule has 1 fully saturated rings. The van der Waals surface area contributed by atoms with Gasteiger partial charge in [-0.15, -0.1) is 12.4 Å². The molecule has 0 saturated carbocycles. The standard InChI is InChI=1S/C19H24N2O2.ClH/c1-16-9-10-18(23-16)19(22)21-14-12-20(13-15-21)11-5-8-17-6-3-2-4-7-17;/h2-4,6-7,9-10H,5,8,11-15H2,1H3;1H. The number of aryl methyl sites for hydroxylation is 2. The van der Waals surface area contributed by atoms with Crippen LogP contribution in [0.25, 0.3) is 0 Å². The van der Waals surface area contributed by atoms with Crippen LogP contribution >= 0.6 is 12.4 Å². The largest absolute Gasteiger partial charge is 0.456 e. The van der Waals surface area contributed by atoms with Crippen LogP contribution in [0.5, 0.6) is 0 Å². The molecule has 4 nitrogen and oxygen atoms in total. The predicted molar refractivity (Wildman–Crippen MR) is 97.8 cm³/mol. The smallest absolute Gasteiger partial charge is 0.289 e. The van der Waals surface area contributed by atoms with Gasteiger partial charge in [-0.2, -0.15) is 0 Å². The Morgan fingerprint density at radius 2 is 1.75 bits per heavy atom. The van der Waals surface area contributed by atoms with Crippen LogP contribution in [0, 0.1) is 6.92 Å². The third-order valence-electron chi connectivity index (χ3n) is 4.39. The first-order valence-electron chi connectivity index (χ1n) is 8.34. The number of furan rings is 1. The van der Waals surface area contributed by atoms with Gasteiger partial charge in [0.25, 0.3) is 5.91 Å². The van der Waals surface area contributed by atoms with E-state index in [4.69, 9.17) is 4.42 Å². The fourth-order valence-electron chi connectivity index (χ4n) is 3.03. The molecule has 1 aromatic heterocycles. The van der Waals surface area contributed by atoms with Gasteiger partial charge in [0.1, 0.15) is 5.76 Å². The number of carbonyl (C=O) groups excluding carboxylic acids is 1. The van der Waals surface area contributed by atoms with E-state index < -0.39 is 0 Å². The second-order valence-corrected chi connectivity index (χ2v) is 6.13. The van der Waals surface area contributed by atoms with E-state index in [-0.39, 0.29) is 18.3 Å². The molecule has 0 spiro atoms. The SMILES string of the molecule is Cc1ccc(C(=O)N2CCN(CCCc3ccccc3)CC2)o1.Cl. The maximum Gasteiger partial charge on any atom is 0.289 e. The predicted octanol–water partition coefficient (Wildman–Crippen LogP) is 3.40. The van der Waals surface area contributed by atoms with E-state index in [1.54, 1.807) is 6.07 Å². The van der Waals surface area contributed by atoms with Crippen LogP contribution in [0.1, 0.15) is 28.3 Å². The molecule has 0 radical (unpaired) electrons. The minimum atomic E-state index is 0. The topological polar surface area (TPSA) is 36.7 Å². The van der Waals surface area contributed by atoms with Crippen LogP contribution in [0.4, 0.5) is 0 Å². The number of hydrogen-bond acceptors (Lipinski definition) is 3. The van der Waals surface area contributed by atoms with Gasteiger partial charge in [-0.25, -0.2) is 0 Å². The monoisotopic (exact) mass is 348 g/mol. The summed E-state index contributed by atoms with van der Waals surface area (Å²) in [5, 5.41) is 0. The molecule has 130 valence electrons. The highest BCUT2D eigenvalue weighted by molar-refractivity contribution is 5.91. The molecular weight excluding hydrogens is 324 g/mol. The molecule has 3 rings (SSSR count). The average Bonchev–Trinajstić information content (AvgIpc) is 3.02. The Balaban J connectivity index is 0.00000208. The fourth-order valence-corrected chi connectivity index (χ4v) is 3.03. The van der Waals surface area contributed by atoms with Crippen molar-refractivity contribution in [2.24, 2.45) is 0 Å². The van der Waals surface area contributed by atoms with Crippen molar-refractivity contribution in [2.75, 3.05) is 32.7 Å². The molecule has 24 heavy (non-hydrogen) atoms. The molecule has 0 N–H and O–H groups in total. The van der Waals surface area contributed by atoms with Crippen molar-refractivity contribution in [1.82, 2.24) is 9.80 Å². The number of hydrogen-bond donors (Lipinski definition) is 0. The summed E-state index contributed by atoms with van der Waals surface area (Å²) in [5.41, 5.74) is 1.40. The molecule has 5 heteroatoms. The molecule has 1 aliphatic rings. The summed E-state index contributed by atoms with van der Waals surface area (Å²) in [6.45, 7) is 6.41. The zero-order valence-electron chi connectivity index (χ0n) is 14.1. The lowest BCUT2D eigenvalue weighted by atomic mass is 10.1. The molecular formula is C19H25ClN2O2.